The van der Waals surface area contributed by atoms with Crippen LogP contribution in [0.4, 0.5) is 17.1 Å². The van der Waals surface area contributed by atoms with E-state index in [1.165, 1.54) is 44.0 Å². The lowest BCUT2D eigenvalue weighted by molar-refractivity contribution is 0.672. The van der Waals surface area contributed by atoms with Crippen LogP contribution in [0.1, 0.15) is 0 Å². The van der Waals surface area contributed by atoms with E-state index in [0.717, 1.165) is 50.0 Å². The molecule has 0 aliphatic heterocycles. The van der Waals surface area contributed by atoms with Gasteiger partial charge >= 0.3 is 0 Å². The van der Waals surface area contributed by atoms with Gasteiger partial charge in [0.15, 0.2) is 0 Å². The minimum Gasteiger partial charge on any atom is -0.455 e. The Morgan fingerprint density at radius 3 is 1.67 bits per heavy atom. The number of hydrogen-bond acceptors (Lipinski definition) is 2. The maximum absolute atomic E-state index is 6.87. The Hall–Kier alpha value is -6.90. The predicted molar refractivity (Wildman–Crippen MR) is 220 cm³/mol. The molecule has 0 saturated carbocycles. The van der Waals surface area contributed by atoms with Gasteiger partial charge in [-0.3, -0.25) is 0 Å². The van der Waals surface area contributed by atoms with Crippen molar-refractivity contribution in [2.75, 3.05) is 4.90 Å². The van der Waals surface area contributed by atoms with E-state index in [1.807, 2.05) is 0 Å². The third-order valence-electron chi connectivity index (χ3n) is 10.3. The Morgan fingerprint density at radius 1 is 0.327 bits per heavy atom. The van der Waals surface area contributed by atoms with Gasteiger partial charge in [-0.2, -0.15) is 0 Å². The van der Waals surface area contributed by atoms with Crippen molar-refractivity contribution >= 4 is 60.5 Å². The molecule has 0 aliphatic carbocycles. The fraction of sp³-hybridized carbons (Fsp3) is 0. The summed E-state index contributed by atoms with van der Waals surface area (Å²) >= 11 is 0. The standard InChI is InChI=1S/C50H33NO/c1-3-15-34(16-4-1)35-29-31-38(32-30-35)43-33-44-49-47(27-14-28-48(49)52-50(44)42-24-10-9-23-41(42)43)51(46-26-13-20-37-19-7-8-21-40(37)46)45-25-12-11-22-39(45)36-17-5-2-6-18-36/h1-33H. The summed E-state index contributed by atoms with van der Waals surface area (Å²) in [4.78, 5) is 2.44. The maximum Gasteiger partial charge on any atom is 0.143 e. The highest BCUT2D eigenvalue weighted by atomic mass is 16.3. The first-order chi connectivity index (χ1) is 25.8. The molecule has 52 heavy (non-hydrogen) atoms. The molecule has 9 aromatic carbocycles. The number of para-hydroxylation sites is 1. The SMILES string of the molecule is c1ccc(-c2ccc(-c3cc4c(oc5cccc(N(c6ccccc6-c6ccccc6)c6cccc7ccccc67)c54)c4ccccc34)cc2)cc1. The Bertz CT molecular complexity index is 2880. The second-order valence-corrected chi connectivity index (χ2v) is 13.3. The van der Waals surface area contributed by atoms with Gasteiger partial charge in [0, 0.05) is 21.7 Å². The number of anilines is 3. The average Bonchev–Trinajstić information content (AvgIpc) is 3.61. The first-order valence-electron chi connectivity index (χ1n) is 17.8. The van der Waals surface area contributed by atoms with E-state index >= 15 is 0 Å². The predicted octanol–water partition coefficient (Wildman–Crippen LogP) is 14.4. The summed E-state index contributed by atoms with van der Waals surface area (Å²) in [6.45, 7) is 0. The van der Waals surface area contributed by atoms with Gasteiger partial charge in [0.05, 0.1) is 22.4 Å². The molecule has 10 aromatic rings. The molecule has 0 bridgehead atoms. The van der Waals surface area contributed by atoms with Crippen molar-refractivity contribution in [2.45, 2.75) is 0 Å². The third-order valence-corrected chi connectivity index (χ3v) is 10.3. The summed E-state index contributed by atoms with van der Waals surface area (Å²) in [7, 11) is 0. The highest BCUT2D eigenvalue weighted by molar-refractivity contribution is 6.23. The minimum absolute atomic E-state index is 0.858. The molecule has 0 spiro atoms. The van der Waals surface area contributed by atoms with Crippen molar-refractivity contribution in [2.24, 2.45) is 0 Å². The Labute approximate surface area is 302 Å². The number of fused-ring (bicyclic) bond motifs is 6. The molecule has 0 amide bonds. The number of furan rings is 1. The largest absolute Gasteiger partial charge is 0.455 e. The molecule has 2 nitrogen and oxygen atoms in total. The normalized spacial score (nSPS) is 11.5. The second-order valence-electron chi connectivity index (χ2n) is 13.3. The number of hydrogen-bond donors (Lipinski definition) is 0. The average molecular weight is 664 g/mol. The van der Waals surface area contributed by atoms with E-state index in [1.54, 1.807) is 0 Å². The molecule has 0 radical (unpaired) electrons. The molecule has 0 fully saturated rings. The Kier molecular flexibility index (Phi) is 7.18. The molecule has 0 aliphatic rings. The molecule has 244 valence electrons. The fourth-order valence-corrected chi connectivity index (χ4v) is 7.85. The van der Waals surface area contributed by atoms with E-state index in [-0.39, 0.29) is 0 Å². The number of nitrogens with zero attached hydrogens (tertiary/aromatic N) is 1. The van der Waals surface area contributed by atoms with E-state index in [4.69, 9.17) is 4.42 Å². The Morgan fingerprint density at radius 2 is 0.865 bits per heavy atom. The van der Waals surface area contributed by atoms with Gasteiger partial charge < -0.3 is 9.32 Å². The number of benzene rings is 9. The van der Waals surface area contributed by atoms with Crippen LogP contribution in [-0.4, -0.2) is 0 Å². The van der Waals surface area contributed by atoms with Crippen molar-refractivity contribution in [1.82, 2.24) is 0 Å². The zero-order chi connectivity index (χ0) is 34.4. The summed E-state index contributed by atoms with van der Waals surface area (Å²) in [5.74, 6) is 0. The first-order valence-corrected chi connectivity index (χ1v) is 17.8. The van der Waals surface area contributed by atoms with Crippen molar-refractivity contribution in [3.63, 3.8) is 0 Å². The van der Waals surface area contributed by atoms with Gasteiger partial charge in [0.2, 0.25) is 0 Å². The maximum atomic E-state index is 6.87. The molecule has 10 rings (SSSR count). The molecule has 1 aromatic heterocycles. The van der Waals surface area contributed by atoms with Crippen molar-refractivity contribution < 1.29 is 4.42 Å². The summed E-state index contributed by atoms with van der Waals surface area (Å²) in [6, 6.07) is 71.6. The third kappa shape index (κ3) is 4.96. The van der Waals surface area contributed by atoms with Crippen LogP contribution in [0.2, 0.25) is 0 Å². The fourth-order valence-electron chi connectivity index (χ4n) is 7.85. The molecule has 0 unspecified atom stereocenters. The highest BCUT2D eigenvalue weighted by Crippen LogP contribution is 2.49. The van der Waals surface area contributed by atoms with Crippen molar-refractivity contribution in [1.29, 1.82) is 0 Å². The molecule has 2 heteroatoms. The van der Waals surface area contributed by atoms with Gasteiger partial charge in [-0.1, -0.05) is 170 Å². The van der Waals surface area contributed by atoms with Crippen LogP contribution < -0.4 is 4.90 Å². The van der Waals surface area contributed by atoms with Crippen LogP contribution in [0.5, 0.6) is 0 Å². The molecule has 0 N–H and O–H groups in total. The summed E-state index contributed by atoms with van der Waals surface area (Å²) < 4.78 is 6.87. The van der Waals surface area contributed by atoms with E-state index in [9.17, 15) is 0 Å². The van der Waals surface area contributed by atoms with E-state index in [0.29, 0.717) is 0 Å². The molecule has 0 saturated heterocycles. The van der Waals surface area contributed by atoms with Crippen molar-refractivity contribution in [3.05, 3.63) is 200 Å². The molecular weight excluding hydrogens is 631 g/mol. The zero-order valence-corrected chi connectivity index (χ0v) is 28.4. The van der Waals surface area contributed by atoms with E-state index in [2.05, 4.69) is 205 Å². The van der Waals surface area contributed by atoms with Crippen LogP contribution >= 0.6 is 0 Å². The first kappa shape index (κ1) is 30.0. The monoisotopic (exact) mass is 663 g/mol. The lowest BCUT2D eigenvalue weighted by Gasteiger charge is -2.29. The topological polar surface area (TPSA) is 16.4 Å². The van der Waals surface area contributed by atoms with Gasteiger partial charge in [0.1, 0.15) is 11.2 Å². The molecular formula is C50H33NO. The number of rotatable bonds is 6. The lowest BCUT2D eigenvalue weighted by Crippen LogP contribution is -2.12. The zero-order valence-electron chi connectivity index (χ0n) is 28.4. The van der Waals surface area contributed by atoms with Gasteiger partial charge in [0.25, 0.3) is 0 Å². The van der Waals surface area contributed by atoms with Crippen LogP contribution in [0, 0.1) is 0 Å². The quantitative estimate of drug-likeness (QED) is 0.176. The lowest BCUT2D eigenvalue weighted by atomic mass is 9.93. The highest BCUT2D eigenvalue weighted by Gasteiger charge is 2.24. The summed E-state index contributed by atoms with van der Waals surface area (Å²) in [5.41, 5.74) is 12.1. The Balaban J connectivity index is 1.27. The van der Waals surface area contributed by atoms with Gasteiger partial charge in [-0.25, -0.2) is 0 Å². The van der Waals surface area contributed by atoms with Gasteiger partial charge in [-0.15, -0.1) is 0 Å². The smallest absolute Gasteiger partial charge is 0.143 e. The van der Waals surface area contributed by atoms with Crippen LogP contribution in [0.15, 0.2) is 205 Å². The van der Waals surface area contributed by atoms with Crippen LogP contribution in [0.3, 0.4) is 0 Å². The molecule has 0 atom stereocenters. The summed E-state index contributed by atoms with van der Waals surface area (Å²) in [6.07, 6.45) is 0. The van der Waals surface area contributed by atoms with Crippen LogP contribution in [-0.2, 0) is 0 Å². The van der Waals surface area contributed by atoms with Crippen molar-refractivity contribution in [3.8, 4) is 33.4 Å². The summed E-state index contributed by atoms with van der Waals surface area (Å²) in [5, 5.41) is 6.82. The van der Waals surface area contributed by atoms with Crippen LogP contribution in [0.25, 0.3) is 76.9 Å². The molecule has 1 heterocycles. The second kappa shape index (κ2) is 12.5. The van der Waals surface area contributed by atoms with Gasteiger partial charge in [-0.05, 0) is 68.9 Å². The van der Waals surface area contributed by atoms with E-state index < -0.39 is 0 Å². The minimum atomic E-state index is 0.858.